The third-order valence-corrected chi connectivity index (χ3v) is 1.72. The molecule has 0 saturated heterocycles. The highest BCUT2D eigenvalue weighted by Gasteiger charge is 2.01. The second-order valence-electron chi connectivity index (χ2n) is 2.80. The Morgan fingerprint density at radius 1 is 1.64 bits per heavy atom. The third kappa shape index (κ3) is 2.52. The van der Waals surface area contributed by atoms with E-state index in [0.717, 1.165) is 5.56 Å². The van der Waals surface area contributed by atoms with E-state index in [-0.39, 0.29) is 5.70 Å². The molecule has 0 saturated carbocycles. The van der Waals surface area contributed by atoms with Crippen molar-refractivity contribution in [2.75, 3.05) is 0 Å². The summed E-state index contributed by atoms with van der Waals surface area (Å²) in [7, 11) is 0. The number of benzene rings is 1. The van der Waals surface area contributed by atoms with E-state index < -0.39 is 4.92 Å². The first-order valence-electron chi connectivity index (χ1n) is 4.03. The predicted molar refractivity (Wildman–Crippen MR) is 56.3 cm³/mol. The van der Waals surface area contributed by atoms with Crippen LogP contribution >= 0.6 is 0 Å². The summed E-state index contributed by atoms with van der Waals surface area (Å²) in [4.78, 5) is 13.7. The molecule has 0 fully saturated rings. The third-order valence-electron chi connectivity index (χ3n) is 1.72. The quantitative estimate of drug-likeness (QED) is 0.418. The van der Waals surface area contributed by atoms with Gasteiger partial charge < -0.3 is 0 Å². The van der Waals surface area contributed by atoms with Gasteiger partial charge >= 0.3 is 0 Å². The van der Waals surface area contributed by atoms with Crippen molar-refractivity contribution < 1.29 is 4.92 Å². The maximum Gasteiger partial charge on any atom is 0.243 e. The smallest absolute Gasteiger partial charge is 0.243 e. The van der Waals surface area contributed by atoms with Crippen LogP contribution in [0.5, 0.6) is 0 Å². The fourth-order valence-corrected chi connectivity index (χ4v) is 1.01. The Balaban J connectivity index is 3.02. The van der Waals surface area contributed by atoms with Crippen LogP contribution in [-0.2, 0) is 0 Å². The molecule has 0 spiro atoms. The maximum atomic E-state index is 10.4. The van der Waals surface area contributed by atoms with Crippen molar-refractivity contribution in [3.8, 4) is 0 Å². The molecule has 0 atom stereocenters. The van der Waals surface area contributed by atoms with Gasteiger partial charge in [-0.1, -0.05) is 12.1 Å². The molecule has 0 aromatic heterocycles. The van der Waals surface area contributed by atoms with E-state index in [1.807, 2.05) is 0 Å². The number of allylic oxidation sites excluding steroid dienone is 1. The van der Waals surface area contributed by atoms with E-state index in [1.54, 1.807) is 24.3 Å². The van der Waals surface area contributed by atoms with Gasteiger partial charge in [0.2, 0.25) is 5.70 Å². The minimum absolute atomic E-state index is 0.103. The van der Waals surface area contributed by atoms with Crippen LogP contribution in [0.15, 0.2) is 35.0 Å². The summed E-state index contributed by atoms with van der Waals surface area (Å²) in [6.07, 6.45) is 1.49. The average Bonchev–Trinajstić information content (AvgIpc) is 2.18. The highest BCUT2D eigenvalue weighted by Crippen LogP contribution is 2.15. The van der Waals surface area contributed by atoms with Crippen molar-refractivity contribution in [1.82, 2.24) is 0 Å². The summed E-state index contributed by atoms with van der Waals surface area (Å²) in [6, 6.07) is 7.08. The van der Waals surface area contributed by atoms with Gasteiger partial charge in [0.15, 0.2) is 0 Å². The van der Waals surface area contributed by atoms with Crippen molar-refractivity contribution in [2.45, 2.75) is 6.92 Å². The normalized spacial score (nSPS) is 11.1. The minimum atomic E-state index is -0.423. The van der Waals surface area contributed by atoms with E-state index in [4.69, 9.17) is 0 Å². The van der Waals surface area contributed by atoms with Gasteiger partial charge in [-0.15, -0.1) is 0 Å². The molecule has 0 aliphatic carbocycles. The minimum Gasteiger partial charge on any atom is -0.265 e. The van der Waals surface area contributed by atoms with Crippen molar-refractivity contribution in [3.63, 3.8) is 0 Å². The zero-order valence-electron chi connectivity index (χ0n) is 7.80. The Kier molecular flexibility index (Phi) is 3.12. The molecule has 0 aliphatic rings. The van der Waals surface area contributed by atoms with Crippen molar-refractivity contribution in [3.05, 3.63) is 45.6 Å². The van der Waals surface area contributed by atoms with Gasteiger partial charge in [0.25, 0.3) is 0 Å². The van der Waals surface area contributed by atoms with Crippen molar-refractivity contribution in [1.29, 1.82) is 0 Å². The molecule has 0 radical (unpaired) electrons. The van der Waals surface area contributed by atoms with Crippen LogP contribution in [0.4, 0.5) is 5.69 Å². The van der Waals surface area contributed by atoms with E-state index in [9.17, 15) is 10.1 Å². The Bertz CT molecular complexity index is 397. The van der Waals surface area contributed by atoms with E-state index >= 15 is 0 Å². The number of rotatable bonds is 3. The van der Waals surface area contributed by atoms with E-state index in [0.29, 0.717) is 5.69 Å². The summed E-state index contributed by atoms with van der Waals surface area (Å²) < 4.78 is 0. The van der Waals surface area contributed by atoms with Gasteiger partial charge in [-0.25, -0.2) is 0 Å². The van der Waals surface area contributed by atoms with Crippen LogP contribution in [0.3, 0.4) is 0 Å². The Morgan fingerprint density at radius 2 is 2.36 bits per heavy atom. The predicted octanol–water partition coefficient (Wildman–Crippen LogP) is 2.66. The Labute approximate surface area is 81.7 Å². The molecular weight excluding hydrogens is 180 g/mol. The zero-order valence-corrected chi connectivity index (χ0v) is 7.80. The highest BCUT2D eigenvalue weighted by molar-refractivity contribution is 5.57. The van der Waals surface area contributed by atoms with Gasteiger partial charge in [0.05, 0.1) is 10.6 Å². The molecule has 0 amide bonds. The molecule has 1 rings (SSSR count). The lowest BCUT2D eigenvalue weighted by molar-refractivity contribution is -0.422. The lowest BCUT2D eigenvalue weighted by Crippen LogP contribution is -1.92. The molecule has 0 bridgehead atoms. The number of hydrogen-bond acceptors (Lipinski definition) is 3. The van der Waals surface area contributed by atoms with Crippen LogP contribution in [-0.4, -0.2) is 11.6 Å². The van der Waals surface area contributed by atoms with Crippen molar-refractivity contribution in [2.24, 2.45) is 4.99 Å². The van der Waals surface area contributed by atoms with E-state index in [2.05, 4.69) is 11.7 Å². The summed E-state index contributed by atoms with van der Waals surface area (Å²) in [6.45, 7) is 4.83. The molecule has 72 valence electrons. The van der Waals surface area contributed by atoms with E-state index in [1.165, 1.54) is 13.0 Å². The molecule has 14 heavy (non-hydrogen) atoms. The number of aliphatic imine (C=N–C) groups is 1. The second kappa shape index (κ2) is 4.32. The van der Waals surface area contributed by atoms with Crippen LogP contribution in [0, 0.1) is 10.1 Å². The number of hydrogen-bond donors (Lipinski definition) is 0. The number of nitro groups is 1. The first kappa shape index (κ1) is 10.1. The van der Waals surface area contributed by atoms with Gasteiger partial charge in [-0.3, -0.25) is 15.1 Å². The SMILES string of the molecule is C=Nc1cccc(C=C(C)[N+](=O)[O-])c1. The Hall–Kier alpha value is -1.97. The molecule has 0 unspecified atom stereocenters. The number of nitrogens with zero attached hydrogens (tertiary/aromatic N) is 2. The Morgan fingerprint density at radius 3 is 2.93 bits per heavy atom. The van der Waals surface area contributed by atoms with Crippen LogP contribution in [0.2, 0.25) is 0 Å². The lowest BCUT2D eigenvalue weighted by Gasteiger charge is -1.95. The molecule has 4 nitrogen and oxygen atoms in total. The van der Waals surface area contributed by atoms with Gasteiger partial charge in [0.1, 0.15) is 0 Å². The topological polar surface area (TPSA) is 55.5 Å². The summed E-state index contributed by atoms with van der Waals surface area (Å²) in [5, 5.41) is 10.4. The largest absolute Gasteiger partial charge is 0.265 e. The summed E-state index contributed by atoms with van der Waals surface area (Å²) >= 11 is 0. The highest BCUT2D eigenvalue weighted by atomic mass is 16.6. The molecule has 0 N–H and O–H groups in total. The lowest BCUT2D eigenvalue weighted by atomic mass is 10.2. The standard InChI is InChI=1S/C10H10N2O2/c1-8(12(13)14)6-9-4-3-5-10(7-9)11-2/h3-7H,2H2,1H3. The monoisotopic (exact) mass is 190 g/mol. The van der Waals surface area contributed by atoms with Gasteiger partial charge in [-0.2, -0.15) is 0 Å². The molecule has 1 aromatic carbocycles. The van der Waals surface area contributed by atoms with Crippen LogP contribution in [0.25, 0.3) is 6.08 Å². The van der Waals surface area contributed by atoms with Crippen LogP contribution < -0.4 is 0 Å². The fraction of sp³-hybridized carbons (Fsp3) is 0.100. The maximum absolute atomic E-state index is 10.4. The second-order valence-corrected chi connectivity index (χ2v) is 2.80. The van der Waals surface area contributed by atoms with Crippen molar-refractivity contribution >= 4 is 18.5 Å². The molecule has 0 aliphatic heterocycles. The summed E-state index contributed by atoms with van der Waals surface area (Å²) in [5.41, 5.74) is 1.56. The first-order chi connectivity index (χ1) is 6.63. The first-order valence-corrected chi connectivity index (χ1v) is 4.03. The average molecular weight is 190 g/mol. The van der Waals surface area contributed by atoms with Gasteiger partial charge in [0, 0.05) is 13.0 Å². The zero-order chi connectivity index (χ0) is 10.6. The molecule has 1 aromatic rings. The summed E-state index contributed by atoms with van der Waals surface area (Å²) in [5.74, 6) is 0. The van der Waals surface area contributed by atoms with Gasteiger partial charge in [-0.05, 0) is 24.4 Å². The molecule has 4 heteroatoms. The van der Waals surface area contributed by atoms with Crippen LogP contribution in [0.1, 0.15) is 12.5 Å². The molecule has 0 heterocycles. The fourth-order valence-electron chi connectivity index (χ4n) is 1.01. The molecular formula is C10H10N2O2.